The lowest BCUT2D eigenvalue weighted by atomic mass is 10.1. The maximum Gasteiger partial charge on any atom is 0.277 e. The van der Waals surface area contributed by atoms with Crippen molar-refractivity contribution in [2.45, 2.75) is 13.8 Å². The number of aryl methyl sites for hydroxylation is 2. The zero-order valence-corrected chi connectivity index (χ0v) is 16.3. The number of amides is 1. The topological polar surface area (TPSA) is 70.9 Å². The van der Waals surface area contributed by atoms with E-state index < -0.39 is 5.91 Å². The van der Waals surface area contributed by atoms with Gasteiger partial charge in [0.15, 0.2) is 6.61 Å². The van der Waals surface area contributed by atoms with E-state index in [2.05, 4.69) is 42.4 Å². The molecule has 2 rings (SSSR count). The minimum atomic E-state index is -0.396. The highest BCUT2D eigenvalue weighted by Crippen LogP contribution is 2.30. The van der Waals surface area contributed by atoms with Crippen LogP contribution >= 0.6 is 31.9 Å². The smallest absolute Gasteiger partial charge is 0.277 e. The van der Waals surface area contributed by atoms with Crippen molar-refractivity contribution in [1.29, 1.82) is 0 Å². The van der Waals surface area contributed by atoms with Gasteiger partial charge in [-0.3, -0.25) is 4.79 Å². The van der Waals surface area contributed by atoms with Gasteiger partial charge < -0.3 is 9.84 Å². The van der Waals surface area contributed by atoms with Crippen LogP contribution in [0.4, 0.5) is 0 Å². The maximum atomic E-state index is 11.8. The molecule has 0 saturated heterocycles. The van der Waals surface area contributed by atoms with Crippen molar-refractivity contribution in [2.24, 2.45) is 5.10 Å². The number of hydrazone groups is 1. The van der Waals surface area contributed by atoms with E-state index in [4.69, 9.17) is 4.74 Å². The quantitative estimate of drug-likeness (QED) is 0.527. The van der Waals surface area contributed by atoms with E-state index in [0.717, 1.165) is 20.1 Å². The first-order chi connectivity index (χ1) is 11.4. The summed E-state index contributed by atoms with van der Waals surface area (Å²) >= 11 is 6.73. The lowest BCUT2D eigenvalue weighted by Crippen LogP contribution is -2.24. The second-order valence-corrected chi connectivity index (χ2v) is 6.95. The molecule has 2 aromatic rings. The maximum absolute atomic E-state index is 11.8. The Morgan fingerprint density at radius 1 is 1.29 bits per heavy atom. The second kappa shape index (κ2) is 8.30. The average molecular weight is 456 g/mol. The molecule has 0 atom stereocenters. The summed E-state index contributed by atoms with van der Waals surface area (Å²) in [6.45, 7) is 3.74. The fraction of sp³-hybridized carbons (Fsp3) is 0.176. The van der Waals surface area contributed by atoms with Gasteiger partial charge in [-0.1, -0.05) is 22.0 Å². The lowest BCUT2D eigenvalue weighted by Gasteiger charge is -2.11. The summed E-state index contributed by atoms with van der Waals surface area (Å²) in [6, 6.07) is 8.84. The Bertz CT molecular complexity index is 768. The van der Waals surface area contributed by atoms with E-state index in [1.165, 1.54) is 12.3 Å². The van der Waals surface area contributed by atoms with Gasteiger partial charge >= 0.3 is 0 Å². The van der Waals surface area contributed by atoms with E-state index in [-0.39, 0.29) is 12.4 Å². The molecular formula is C17H16Br2N2O3. The van der Waals surface area contributed by atoms with Crippen LogP contribution in [0.2, 0.25) is 0 Å². The number of rotatable bonds is 5. The molecule has 1 amide bonds. The van der Waals surface area contributed by atoms with Crippen LogP contribution < -0.4 is 10.2 Å². The highest BCUT2D eigenvalue weighted by Gasteiger charge is 2.09. The molecule has 2 N–H and O–H groups in total. The highest BCUT2D eigenvalue weighted by atomic mass is 79.9. The molecular weight excluding hydrogens is 440 g/mol. The molecule has 7 heteroatoms. The lowest BCUT2D eigenvalue weighted by molar-refractivity contribution is -0.123. The summed E-state index contributed by atoms with van der Waals surface area (Å²) < 4.78 is 7.14. The zero-order valence-electron chi connectivity index (χ0n) is 13.1. The Kier molecular flexibility index (Phi) is 6.39. The Labute approximate surface area is 157 Å². The fourth-order valence-electron chi connectivity index (χ4n) is 2.06. The molecule has 0 aliphatic rings. The van der Waals surface area contributed by atoms with E-state index in [1.54, 1.807) is 12.1 Å². The summed E-state index contributed by atoms with van der Waals surface area (Å²) in [5, 5.41) is 13.5. The Hall–Kier alpha value is -1.86. The van der Waals surface area contributed by atoms with E-state index in [0.29, 0.717) is 11.3 Å². The van der Waals surface area contributed by atoms with Crippen molar-refractivity contribution < 1.29 is 14.6 Å². The molecule has 0 spiro atoms. The van der Waals surface area contributed by atoms with Crippen molar-refractivity contribution >= 4 is 44.0 Å². The Balaban J connectivity index is 1.92. The van der Waals surface area contributed by atoms with Crippen LogP contribution in [-0.2, 0) is 4.79 Å². The van der Waals surface area contributed by atoms with Crippen molar-refractivity contribution in [3.8, 4) is 11.5 Å². The number of phenolic OH excluding ortho intramolecular Hbond substituents is 1. The number of ether oxygens (including phenoxy) is 1. The van der Waals surface area contributed by atoms with Crippen LogP contribution in [0, 0.1) is 13.8 Å². The average Bonchev–Trinajstić information content (AvgIpc) is 2.49. The van der Waals surface area contributed by atoms with Gasteiger partial charge in [-0.2, -0.15) is 5.10 Å². The fourth-order valence-corrected chi connectivity index (χ4v) is 3.22. The Morgan fingerprint density at radius 3 is 2.75 bits per heavy atom. The molecule has 5 nitrogen and oxygen atoms in total. The number of nitrogens with one attached hydrogen (secondary N) is 1. The van der Waals surface area contributed by atoms with Gasteiger partial charge in [-0.15, -0.1) is 0 Å². The molecule has 0 heterocycles. The van der Waals surface area contributed by atoms with Crippen LogP contribution in [0.1, 0.15) is 16.7 Å². The summed E-state index contributed by atoms with van der Waals surface area (Å²) in [6.07, 6.45) is 1.37. The van der Waals surface area contributed by atoms with E-state index in [1.807, 2.05) is 26.0 Å². The summed E-state index contributed by atoms with van der Waals surface area (Å²) in [5.74, 6) is 0.309. The number of aromatic hydroxyl groups is 1. The van der Waals surface area contributed by atoms with Gasteiger partial charge in [-0.25, -0.2) is 5.43 Å². The van der Waals surface area contributed by atoms with Crippen LogP contribution in [0.3, 0.4) is 0 Å². The number of hydrogen-bond donors (Lipinski definition) is 2. The number of hydrogen-bond acceptors (Lipinski definition) is 4. The number of carbonyl (C=O) groups excluding carboxylic acids is 1. The van der Waals surface area contributed by atoms with Crippen molar-refractivity contribution in [3.05, 3.63) is 56.0 Å². The summed E-state index contributed by atoms with van der Waals surface area (Å²) in [7, 11) is 0. The molecule has 126 valence electrons. The van der Waals surface area contributed by atoms with Gasteiger partial charge in [0.2, 0.25) is 0 Å². The number of benzene rings is 2. The third-order valence-corrected chi connectivity index (χ3v) is 4.19. The summed E-state index contributed by atoms with van der Waals surface area (Å²) in [5.41, 5.74) is 4.90. The molecule has 0 aliphatic heterocycles. The SMILES string of the molecule is Cc1cc(C)c(OCC(=O)NN=Cc2cc(Br)ccc2O)c(Br)c1. The van der Waals surface area contributed by atoms with Gasteiger partial charge in [0.05, 0.1) is 10.7 Å². The largest absolute Gasteiger partial charge is 0.507 e. The normalized spacial score (nSPS) is 10.8. The molecule has 0 aromatic heterocycles. The van der Waals surface area contributed by atoms with Gasteiger partial charge in [-0.05, 0) is 65.2 Å². The number of phenols is 1. The molecule has 2 aromatic carbocycles. The molecule has 24 heavy (non-hydrogen) atoms. The third kappa shape index (κ3) is 5.07. The monoisotopic (exact) mass is 454 g/mol. The number of carbonyl (C=O) groups is 1. The number of nitrogens with zero attached hydrogens (tertiary/aromatic N) is 1. The van der Waals surface area contributed by atoms with Gasteiger partial charge in [0, 0.05) is 10.0 Å². The summed E-state index contributed by atoms with van der Waals surface area (Å²) in [4.78, 5) is 11.8. The highest BCUT2D eigenvalue weighted by molar-refractivity contribution is 9.10. The molecule has 0 radical (unpaired) electrons. The van der Waals surface area contributed by atoms with Crippen molar-refractivity contribution in [3.63, 3.8) is 0 Å². The predicted molar refractivity (Wildman–Crippen MR) is 101 cm³/mol. The van der Waals surface area contributed by atoms with Crippen molar-refractivity contribution in [2.75, 3.05) is 6.61 Å². The van der Waals surface area contributed by atoms with E-state index >= 15 is 0 Å². The Morgan fingerprint density at radius 2 is 2.04 bits per heavy atom. The zero-order chi connectivity index (χ0) is 17.7. The van der Waals surface area contributed by atoms with Gasteiger partial charge in [0.1, 0.15) is 11.5 Å². The second-order valence-electron chi connectivity index (χ2n) is 5.18. The van der Waals surface area contributed by atoms with Crippen LogP contribution in [-0.4, -0.2) is 23.8 Å². The number of halogens is 2. The third-order valence-electron chi connectivity index (χ3n) is 3.10. The van der Waals surface area contributed by atoms with Crippen LogP contribution in [0.5, 0.6) is 11.5 Å². The first-order valence-corrected chi connectivity index (χ1v) is 8.65. The molecule has 0 fully saturated rings. The predicted octanol–water partition coefficient (Wildman–Crippen LogP) is 4.06. The molecule has 0 unspecified atom stereocenters. The standard InChI is InChI=1S/C17H16Br2N2O3/c1-10-5-11(2)17(14(19)6-10)24-9-16(23)21-20-8-12-7-13(18)3-4-15(12)22/h3-8,22H,9H2,1-2H3,(H,21,23). The van der Waals surface area contributed by atoms with E-state index in [9.17, 15) is 9.90 Å². The minimum absolute atomic E-state index is 0.0756. The molecule has 0 bridgehead atoms. The molecule has 0 saturated carbocycles. The van der Waals surface area contributed by atoms with Crippen LogP contribution in [0.15, 0.2) is 44.4 Å². The van der Waals surface area contributed by atoms with Crippen molar-refractivity contribution in [1.82, 2.24) is 5.43 Å². The van der Waals surface area contributed by atoms with Crippen LogP contribution in [0.25, 0.3) is 0 Å². The van der Waals surface area contributed by atoms with Gasteiger partial charge in [0.25, 0.3) is 5.91 Å². The first kappa shape index (κ1) is 18.5. The minimum Gasteiger partial charge on any atom is -0.507 e. The molecule has 0 aliphatic carbocycles. The first-order valence-electron chi connectivity index (χ1n) is 7.07.